The second-order valence-corrected chi connectivity index (χ2v) is 6.98. The highest BCUT2D eigenvalue weighted by Crippen LogP contribution is 2.49. The van der Waals surface area contributed by atoms with Crippen LogP contribution in [0.4, 0.5) is 17.1 Å². The summed E-state index contributed by atoms with van der Waals surface area (Å²) >= 11 is 1.63. The molecular weight excluding hydrogens is 344 g/mol. The maximum absolute atomic E-state index is 12.2. The van der Waals surface area contributed by atoms with Crippen LogP contribution in [0.15, 0.2) is 81.5 Å². The number of aliphatic imine (C=N–C) groups is 1. The second kappa shape index (κ2) is 6.69. The van der Waals surface area contributed by atoms with E-state index >= 15 is 0 Å². The van der Waals surface area contributed by atoms with Gasteiger partial charge in [-0.05, 0) is 42.5 Å². The van der Waals surface area contributed by atoms with Crippen LogP contribution >= 0.6 is 11.8 Å². The van der Waals surface area contributed by atoms with E-state index in [4.69, 9.17) is 0 Å². The number of carbonyl (C=O) groups is 1. The van der Waals surface area contributed by atoms with Gasteiger partial charge in [-0.2, -0.15) is 0 Å². The maximum atomic E-state index is 12.2. The van der Waals surface area contributed by atoms with Crippen LogP contribution < -0.4 is 4.90 Å². The molecule has 1 heterocycles. The summed E-state index contributed by atoms with van der Waals surface area (Å²) in [6.07, 6.45) is 1.64. The molecule has 0 bridgehead atoms. The number of amides is 1. The topological polar surface area (TPSA) is 52.9 Å². The molecule has 3 aromatic carbocycles. The molecule has 4 rings (SSSR count). The van der Waals surface area contributed by atoms with E-state index in [0.29, 0.717) is 5.56 Å². The van der Waals surface area contributed by atoms with Gasteiger partial charge in [-0.1, -0.05) is 36.0 Å². The number of hydrogen-bond donors (Lipinski definition) is 1. The van der Waals surface area contributed by atoms with Crippen LogP contribution in [-0.4, -0.2) is 17.2 Å². The van der Waals surface area contributed by atoms with Gasteiger partial charge in [0.15, 0.2) is 0 Å². The Labute approximate surface area is 155 Å². The molecule has 0 aromatic heterocycles. The molecule has 0 unspecified atom stereocenters. The van der Waals surface area contributed by atoms with Gasteiger partial charge in [0.05, 0.1) is 17.1 Å². The summed E-state index contributed by atoms with van der Waals surface area (Å²) in [5.74, 6) is 0.171. The zero-order valence-electron chi connectivity index (χ0n) is 14.1. The number of benzene rings is 3. The van der Waals surface area contributed by atoms with E-state index < -0.39 is 0 Å². The van der Waals surface area contributed by atoms with E-state index in [1.165, 1.54) is 0 Å². The minimum absolute atomic E-state index is 0.0236. The molecule has 0 atom stereocenters. The van der Waals surface area contributed by atoms with Crippen LogP contribution in [0.5, 0.6) is 5.75 Å². The van der Waals surface area contributed by atoms with Crippen LogP contribution in [0.1, 0.15) is 12.5 Å². The Hall–Kier alpha value is -3.05. The monoisotopic (exact) mass is 360 g/mol. The molecule has 1 N–H and O–H groups in total. The minimum atomic E-state index is -0.0236. The van der Waals surface area contributed by atoms with Gasteiger partial charge in [0, 0.05) is 28.5 Å². The van der Waals surface area contributed by atoms with E-state index in [0.717, 1.165) is 26.9 Å². The number of fused-ring (bicyclic) bond motifs is 2. The number of nitrogens with zero attached hydrogens (tertiary/aromatic N) is 2. The normalized spacial score (nSPS) is 12.7. The lowest BCUT2D eigenvalue weighted by molar-refractivity contribution is -0.115. The summed E-state index contributed by atoms with van der Waals surface area (Å²) in [7, 11) is 0. The SMILES string of the molecule is CC(=O)N1c2ccccc2Sc2cc(N=Cc3ccccc3O)ccc21. The van der Waals surface area contributed by atoms with Gasteiger partial charge < -0.3 is 5.11 Å². The van der Waals surface area contributed by atoms with Crippen molar-refractivity contribution in [3.8, 4) is 5.75 Å². The third kappa shape index (κ3) is 2.97. The van der Waals surface area contributed by atoms with E-state index in [-0.39, 0.29) is 11.7 Å². The highest BCUT2D eigenvalue weighted by atomic mass is 32.2. The number of para-hydroxylation sites is 2. The fraction of sp³-hybridized carbons (Fsp3) is 0.0476. The number of phenols is 1. The van der Waals surface area contributed by atoms with E-state index in [1.807, 2.05) is 48.5 Å². The van der Waals surface area contributed by atoms with Crippen LogP contribution in [0.25, 0.3) is 0 Å². The van der Waals surface area contributed by atoms with E-state index in [1.54, 1.807) is 48.0 Å². The van der Waals surface area contributed by atoms with E-state index in [2.05, 4.69) is 4.99 Å². The average Bonchev–Trinajstić information content (AvgIpc) is 2.65. The zero-order valence-corrected chi connectivity index (χ0v) is 14.9. The Kier molecular flexibility index (Phi) is 4.22. The van der Waals surface area contributed by atoms with Gasteiger partial charge in [-0.15, -0.1) is 0 Å². The number of carbonyl (C=O) groups excluding carboxylic acids is 1. The van der Waals surface area contributed by atoms with Gasteiger partial charge >= 0.3 is 0 Å². The van der Waals surface area contributed by atoms with Crippen molar-refractivity contribution in [3.05, 3.63) is 72.3 Å². The Morgan fingerprint density at radius 1 is 1.00 bits per heavy atom. The molecule has 128 valence electrons. The van der Waals surface area contributed by atoms with E-state index in [9.17, 15) is 9.90 Å². The first kappa shape index (κ1) is 16.4. The number of anilines is 2. The van der Waals surface area contributed by atoms with Gasteiger partial charge in [-0.3, -0.25) is 14.7 Å². The Balaban J connectivity index is 1.72. The van der Waals surface area contributed by atoms with Crippen molar-refractivity contribution >= 4 is 40.9 Å². The summed E-state index contributed by atoms with van der Waals surface area (Å²) in [5, 5.41) is 9.85. The van der Waals surface area contributed by atoms with Gasteiger partial charge in [-0.25, -0.2) is 0 Å². The highest BCUT2D eigenvalue weighted by Gasteiger charge is 2.26. The van der Waals surface area contributed by atoms with Gasteiger partial charge in [0.1, 0.15) is 5.75 Å². The molecule has 0 aliphatic carbocycles. The van der Waals surface area contributed by atoms with Crippen molar-refractivity contribution < 1.29 is 9.90 Å². The molecule has 0 fully saturated rings. The number of aromatic hydroxyl groups is 1. The third-order valence-electron chi connectivity index (χ3n) is 4.11. The average molecular weight is 360 g/mol. The molecule has 3 aromatic rings. The quantitative estimate of drug-likeness (QED) is 0.632. The summed E-state index contributed by atoms with van der Waals surface area (Å²) in [6.45, 7) is 1.57. The molecule has 4 nitrogen and oxygen atoms in total. The standard InChI is InChI=1S/C21H16N2O2S/c1-14(24)23-17-7-3-5-9-20(17)26-21-12-16(10-11-18(21)23)22-13-15-6-2-4-8-19(15)25/h2-13,25H,1H3. The molecule has 26 heavy (non-hydrogen) atoms. The summed E-state index contributed by atoms with van der Waals surface area (Å²) in [4.78, 5) is 20.4. The van der Waals surface area contributed by atoms with Crippen molar-refractivity contribution in [2.75, 3.05) is 4.90 Å². The minimum Gasteiger partial charge on any atom is -0.507 e. The van der Waals surface area contributed by atoms with Crippen molar-refractivity contribution in [2.45, 2.75) is 16.7 Å². The number of hydrogen-bond acceptors (Lipinski definition) is 4. The van der Waals surface area contributed by atoms with Crippen molar-refractivity contribution in [3.63, 3.8) is 0 Å². The zero-order chi connectivity index (χ0) is 18.1. The smallest absolute Gasteiger partial charge is 0.228 e. The van der Waals surface area contributed by atoms with Crippen LogP contribution in [-0.2, 0) is 4.79 Å². The van der Waals surface area contributed by atoms with Gasteiger partial charge in [0.25, 0.3) is 0 Å². The van der Waals surface area contributed by atoms with Crippen LogP contribution in [0.2, 0.25) is 0 Å². The lowest BCUT2D eigenvalue weighted by atomic mass is 10.2. The first-order valence-corrected chi connectivity index (χ1v) is 8.99. The largest absolute Gasteiger partial charge is 0.507 e. The predicted octanol–water partition coefficient (Wildman–Crippen LogP) is 5.29. The Bertz CT molecular complexity index is 1030. The molecule has 1 aliphatic rings. The van der Waals surface area contributed by atoms with Crippen LogP contribution in [0.3, 0.4) is 0 Å². The molecular formula is C21H16N2O2S. The fourth-order valence-electron chi connectivity index (χ4n) is 2.91. The highest BCUT2D eigenvalue weighted by molar-refractivity contribution is 7.99. The molecule has 0 radical (unpaired) electrons. The third-order valence-corrected chi connectivity index (χ3v) is 5.23. The predicted molar refractivity (Wildman–Crippen MR) is 105 cm³/mol. The number of rotatable bonds is 2. The molecule has 0 saturated carbocycles. The Morgan fingerprint density at radius 3 is 2.54 bits per heavy atom. The lowest BCUT2D eigenvalue weighted by Gasteiger charge is -2.30. The molecule has 0 spiro atoms. The molecule has 0 saturated heterocycles. The fourth-order valence-corrected chi connectivity index (χ4v) is 4.00. The molecule has 1 amide bonds. The van der Waals surface area contributed by atoms with Gasteiger partial charge in [0.2, 0.25) is 5.91 Å². The van der Waals surface area contributed by atoms with Crippen molar-refractivity contribution in [1.82, 2.24) is 0 Å². The summed E-state index contributed by atoms with van der Waals surface area (Å²) < 4.78 is 0. The summed E-state index contributed by atoms with van der Waals surface area (Å²) in [6, 6.07) is 20.7. The second-order valence-electron chi connectivity index (χ2n) is 5.89. The molecule has 1 aliphatic heterocycles. The van der Waals surface area contributed by atoms with Crippen LogP contribution in [0, 0.1) is 0 Å². The van der Waals surface area contributed by atoms with Crippen molar-refractivity contribution in [2.24, 2.45) is 4.99 Å². The first-order valence-electron chi connectivity index (χ1n) is 8.17. The lowest BCUT2D eigenvalue weighted by Crippen LogP contribution is -2.25. The first-order chi connectivity index (χ1) is 12.6. The molecule has 5 heteroatoms. The summed E-state index contributed by atoms with van der Waals surface area (Å²) in [5.41, 5.74) is 3.20. The maximum Gasteiger partial charge on any atom is 0.228 e. The van der Waals surface area contributed by atoms with Crippen molar-refractivity contribution in [1.29, 1.82) is 0 Å². The Morgan fingerprint density at radius 2 is 1.73 bits per heavy atom. The number of phenolic OH excluding ortho intramolecular Hbond substituents is 1.